The minimum atomic E-state index is -0.612. The fraction of sp³-hybridized carbons (Fsp3) is 0.150. The molecule has 0 bridgehead atoms. The third-order valence-electron chi connectivity index (χ3n) is 4.11. The van der Waals surface area contributed by atoms with Crippen molar-refractivity contribution in [1.82, 2.24) is 0 Å². The summed E-state index contributed by atoms with van der Waals surface area (Å²) in [6, 6.07) is 14.0. The average molecular weight is 371 g/mol. The van der Waals surface area contributed by atoms with Gasteiger partial charge < -0.3 is 19.3 Å². The molecule has 5 nitrogen and oxygen atoms in total. The van der Waals surface area contributed by atoms with Gasteiger partial charge in [0.2, 0.25) is 0 Å². The predicted molar refractivity (Wildman–Crippen MR) is 97.2 cm³/mol. The number of phenols is 1. The van der Waals surface area contributed by atoms with Gasteiger partial charge in [0.1, 0.15) is 31.1 Å². The molecule has 0 fully saturated rings. The van der Waals surface area contributed by atoms with E-state index in [9.17, 15) is 9.90 Å². The monoisotopic (exact) mass is 370 g/mol. The summed E-state index contributed by atoms with van der Waals surface area (Å²) in [5, 5.41) is 12.2. The van der Waals surface area contributed by atoms with E-state index >= 15 is 0 Å². The van der Waals surface area contributed by atoms with Crippen molar-refractivity contribution in [2.75, 3.05) is 13.2 Å². The Hall–Kier alpha value is -2.92. The van der Waals surface area contributed by atoms with E-state index in [4.69, 9.17) is 25.8 Å². The fourth-order valence-corrected chi connectivity index (χ4v) is 3.15. The second kappa shape index (κ2) is 6.77. The number of ether oxygens (including phenoxy) is 3. The summed E-state index contributed by atoms with van der Waals surface area (Å²) in [6.07, 6.45) is 0. The summed E-state index contributed by atoms with van der Waals surface area (Å²) in [4.78, 5) is 12.4. The molecule has 0 radical (unpaired) electrons. The van der Waals surface area contributed by atoms with Crippen LogP contribution in [0.3, 0.4) is 0 Å². The first-order chi connectivity index (χ1) is 12.6. The van der Waals surface area contributed by atoms with Gasteiger partial charge in [0, 0.05) is 0 Å². The van der Waals surface area contributed by atoms with Gasteiger partial charge in [-0.15, -0.1) is 0 Å². The summed E-state index contributed by atoms with van der Waals surface area (Å²) in [5.41, 5.74) is 0.792. The van der Waals surface area contributed by atoms with Crippen LogP contribution >= 0.6 is 11.6 Å². The number of fused-ring (bicyclic) bond motifs is 2. The number of rotatable bonds is 3. The van der Waals surface area contributed by atoms with E-state index in [-0.39, 0.29) is 17.9 Å². The molecule has 26 heavy (non-hydrogen) atoms. The molecule has 0 saturated carbocycles. The molecule has 0 atom stereocenters. The van der Waals surface area contributed by atoms with Crippen LogP contribution in [0.4, 0.5) is 0 Å². The lowest BCUT2D eigenvalue weighted by atomic mass is 10.1. The number of phenolic OH excluding ortho intramolecular Hbond substituents is 1. The Kier molecular flexibility index (Phi) is 4.31. The molecule has 132 valence electrons. The third-order valence-corrected chi connectivity index (χ3v) is 4.39. The molecule has 0 aliphatic carbocycles. The molecule has 6 heteroatoms. The van der Waals surface area contributed by atoms with Gasteiger partial charge in [-0.2, -0.15) is 0 Å². The first kappa shape index (κ1) is 16.5. The number of carbonyl (C=O) groups excluding carboxylic acids is 1. The number of hydrogen-bond acceptors (Lipinski definition) is 5. The summed E-state index contributed by atoms with van der Waals surface area (Å²) in [5.74, 6) is 0.302. The molecule has 0 amide bonds. The van der Waals surface area contributed by atoms with Crippen LogP contribution in [0.2, 0.25) is 5.02 Å². The molecule has 1 N–H and O–H groups in total. The number of benzene rings is 3. The van der Waals surface area contributed by atoms with Crippen LogP contribution in [0, 0.1) is 0 Å². The molecule has 4 rings (SSSR count). The second-order valence-electron chi connectivity index (χ2n) is 5.89. The third kappa shape index (κ3) is 3.13. The highest BCUT2D eigenvalue weighted by atomic mass is 35.5. The molecule has 0 spiro atoms. The van der Waals surface area contributed by atoms with Gasteiger partial charge in [-0.3, -0.25) is 0 Å². The Bertz CT molecular complexity index is 999. The first-order valence-corrected chi connectivity index (χ1v) is 8.46. The summed E-state index contributed by atoms with van der Waals surface area (Å²) >= 11 is 6.18. The predicted octanol–water partition coefficient (Wildman–Crippen LogP) is 4.33. The quantitative estimate of drug-likeness (QED) is 0.695. The van der Waals surface area contributed by atoms with Crippen molar-refractivity contribution < 1.29 is 24.1 Å². The molecule has 1 aliphatic heterocycles. The zero-order valence-electron chi connectivity index (χ0n) is 13.7. The van der Waals surface area contributed by atoms with Crippen molar-refractivity contribution in [3.8, 4) is 17.2 Å². The van der Waals surface area contributed by atoms with Gasteiger partial charge in [-0.25, -0.2) is 4.79 Å². The van der Waals surface area contributed by atoms with Crippen LogP contribution in [0.5, 0.6) is 17.2 Å². The van der Waals surface area contributed by atoms with E-state index < -0.39 is 5.97 Å². The van der Waals surface area contributed by atoms with Gasteiger partial charge in [-0.05, 0) is 40.6 Å². The van der Waals surface area contributed by atoms with Crippen molar-refractivity contribution in [3.63, 3.8) is 0 Å². The maximum Gasteiger partial charge on any atom is 0.342 e. The minimum Gasteiger partial charge on any atom is -0.507 e. The molecular weight excluding hydrogens is 356 g/mol. The topological polar surface area (TPSA) is 65.0 Å². The van der Waals surface area contributed by atoms with E-state index in [2.05, 4.69) is 0 Å². The number of hydrogen-bond donors (Lipinski definition) is 1. The summed E-state index contributed by atoms with van der Waals surface area (Å²) < 4.78 is 16.3. The smallest absolute Gasteiger partial charge is 0.342 e. The second-order valence-corrected chi connectivity index (χ2v) is 6.30. The van der Waals surface area contributed by atoms with Crippen LogP contribution in [0.25, 0.3) is 10.8 Å². The molecule has 0 unspecified atom stereocenters. The Morgan fingerprint density at radius 2 is 1.81 bits per heavy atom. The molecule has 3 aromatic carbocycles. The summed E-state index contributed by atoms with van der Waals surface area (Å²) in [7, 11) is 0. The lowest BCUT2D eigenvalue weighted by Gasteiger charge is -2.20. The number of carbonyl (C=O) groups is 1. The standard InChI is InChI=1S/C20H15ClO5/c21-16-7-12(8-18-19(16)25-6-5-24-18)11-26-20(23)15-9-13-3-1-2-4-14(13)10-17(15)22/h1-4,7-10,22H,5-6,11H2. The van der Waals surface area contributed by atoms with Crippen molar-refractivity contribution in [1.29, 1.82) is 0 Å². The van der Waals surface area contributed by atoms with Crippen molar-refractivity contribution in [2.24, 2.45) is 0 Å². The molecule has 0 saturated heterocycles. The van der Waals surface area contributed by atoms with E-state index in [1.807, 2.05) is 24.3 Å². The Labute approximate surface area is 154 Å². The molecular formula is C20H15ClO5. The van der Waals surface area contributed by atoms with Gasteiger partial charge in [-0.1, -0.05) is 35.9 Å². The molecule has 3 aromatic rings. The summed E-state index contributed by atoms with van der Waals surface area (Å²) in [6.45, 7) is 0.890. The van der Waals surface area contributed by atoms with E-state index in [1.54, 1.807) is 24.3 Å². The first-order valence-electron chi connectivity index (χ1n) is 8.09. The van der Waals surface area contributed by atoms with Crippen LogP contribution in [-0.2, 0) is 11.3 Å². The molecule has 1 aliphatic rings. The Morgan fingerprint density at radius 1 is 1.08 bits per heavy atom. The fourth-order valence-electron chi connectivity index (χ4n) is 2.87. The highest BCUT2D eigenvalue weighted by molar-refractivity contribution is 6.32. The average Bonchev–Trinajstić information content (AvgIpc) is 2.65. The Balaban J connectivity index is 1.54. The van der Waals surface area contributed by atoms with Crippen LogP contribution in [0.15, 0.2) is 48.5 Å². The molecule has 0 aromatic heterocycles. The van der Waals surface area contributed by atoms with Crippen LogP contribution in [0.1, 0.15) is 15.9 Å². The van der Waals surface area contributed by atoms with Gasteiger partial charge in [0.25, 0.3) is 0 Å². The van der Waals surface area contributed by atoms with Gasteiger partial charge in [0.15, 0.2) is 11.5 Å². The zero-order chi connectivity index (χ0) is 18.1. The maximum atomic E-state index is 12.4. The van der Waals surface area contributed by atoms with Crippen molar-refractivity contribution >= 4 is 28.3 Å². The highest BCUT2D eigenvalue weighted by Crippen LogP contribution is 2.38. The van der Waals surface area contributed by atoms with Gasteiger partial charge in [0.05, 0.1) is 5.02 Å². The normalized spacial score (nSPS) is 12.8. The van der Waals surface area contributed by atoms with Crippen molar-refractivity contribution in [2.45, 2.75) is 6.61 Å². The number of esters is 1. The van der Waals surface area contributed by atoms with Crippen LogP contribution < -0.4 is 9.47 Å². The minimum absolute atomic E-state index is 0.00145. The van der Waals surface area contributed by atoms with E-state index in [0.717, 1.165) is 10.8 Å². The number of halogens is 1. The lowest BCUT2D eigenvalue weighted by Crippen LogP contribution is -2.16. The van der Waals surface area contributed by atoms with Crippen molar-refractivity contribution in [3.05, 3.63) is 64.7 Å². The van der Waals surface area contributed by atoms with E-state index in [0.29, 0.717) is 35.3 Å². The largest absolute Gasteiger partial charge is 0.507 e. The van der Waals surface area contributed by atoms with E-state index in [1.165, 1.54) is 0 Å². The van der Waals surface area contributed by atoms with Gasteiger partial charge >= 0.3 is 5.97 Å². The lowest BCUT2D eigenvalue weighted by molar-refractivity contribution is 0.0469. The SMILES string of the molecule is O=C(OCc1cc(Cl)c2c(c1)OCCO2)c1cc2ccccc2cc1O. The Morgan fingerprint density at radius 3 is 2.62 bits per heavy atom. The van der Waals surface area contributed by atoms with Crippen LogP contribution in [-0.4, -0.2) is 24.3 Å². The highest BCUT2D eigenvalue weighted by Gasteiger charge is 2.18. The number of aromatic hydroxyl groups is 1. The molecule has 1 heterocycles. The maximum absolute atomic E-state index is 12.4. The zero-order valence-corrected chi connectivity index (χ0v) is 14.5.